The van der Waals surface area contributed by atoms with Crippen molar-refractivity contribution in [2.24, 2.45) is 0 Å². The maximum atomic E-state index is 9.71. The van der Waals surface area contributed by atoms with Crippen molar-refractivity contribution in [1.29, 1.82) is 0 Å². The molecule has 0 unspecified atom stereocenters. The minimum atomic E-state index is -0.146. The van der Waals surface area contributed by atoms with Crippen molar-refractivity contribution in [3.8, 4) is 11.5 Å². The molecule has 0 fully saturated rings. The Kier molecular flexibility index (Phi) is 11.2. The summed E-state index contributed by atoms with van der Waals surface area (Å²) in [5, 5.41) is 32.1. The third-order valence-electron chi connectivity index (χ3n) is 5.65. The fourth-order valence-corrected chi connectivity index (χ4v) is 3.66. The quantitative estimate of drug-likeness (QED) is 0.0837. The number of benzene rings is 3. The summed E-state index contributed by atoms with van der Waals surface area (Å²) in [7, 11) is 0. The van der Waals surface area contributed by atoms with E-state index in [1.807, 2.05) is 60.7 Å². The zero-order chi connectivity index (χ0) is 27.8. The number of aromatic nitrogens is 3. The molecule has 40 heavy (non-hydrogen) atoms. The lowest BCUT2D eigenvalue weighted by molar-refractivity contribution is 0.0556. The fraction of sp³-hybridized carbons (Fsp3) is 0.276. The number of phenolic OH excluding ortho intramolecular Hbond substituents is 2. The average Bonchev–Trinajstić information content (AvgIpc) is 2.97. The molecule has 4 aromatic rings. The molecule has 0 radical (unpaired) electrons. The molecule has 11 nitrogen and oxygen atoms in total. The van der Waals surface area contributed by atoms with Crippen LogP contribution in [-0.4, -0.2) is 71.2 Å². The zero-order valence-corrected chi connectivity index (χ0v) is 22.2. The summed E-state index contributed by atoms with van der Waals surface area (Å²) in [5.41, 5.74) is 2.80. The van der Waals surface area contributed by atoms with Gasteiger partial charge in [-0.1, -0.05) is 42.5 Å². The van der Waals surface area contributed by atoms with E-state index in [0.717, 1.165) is 23.5 Å². The summed E-state index contributed by atoms with van der Waals surface area (Å²) in [6.45, 7) is 3.83. The summed E-state index contributed by atoms with van der Waals surface area (Å²) in [4.78, 5) is 13.4. The number of para-hydroxylation sites is 2. The first-order valence-corrected chi connectivity index (χ1v) is 13.2. The van der Waals surface area contributed by atoms with Gasteiger partial charge in [0.25, 0.3) is 0 Å². The number of rotatable bonds is 17. The minimum absolute atomic E-state index is 0.144. The van der Waals surface area contributed by atoms with E-state index < -0.39 is 0 Å². The summed E-state index contributed by atoms with van der Waals surface area (Å²) >= 11 is 0. The van der Waals surface area contributed by atoms with Crippen LogP contribution in [-0.2, 0) is 15.9 Å². The van der Waals surface area contributed by atoms with Crippen LogP contribution < -0.4 is 21.3 Å². The number of hydrogen-bond donors (Lipinski definition) is 6. The van der Waals surface area contributed by atoms with Crippen molar-refractivity contribution < 1.29 is 19.7 Å². The smallest absolute Gasteiger partial charge is 0.233 e. The second-order valence-electron chi connectivity index (χ2n) is 8.74. The van der Waals surface area contributed by atoms with E-state index in [1.165, 1.54) is 12.1 Å². The normalized spacial score (nSPS) is 10.7. The van der Waals surface area contributed by atoms with E-state index in [1.54, 1.807) is 6.07 Å². The largest absolute Gasteiger partial charge is 0.504 e. The Bertz CT molecular complexity index is 1300. The third kappa shape index (κ3) is 9.93. The van der Waals surface area contributed by atoms with Crippen molar-refractivity contribution in [3.05, 3.63) is 84.4 Å². The zero-order valence-electron chi connectivity index (χ0n) is 22.2. The molecule has 0 amide bonds. The van der Waals surface area contributed by atoms with Crippen molar-refractivity contribution in [1.82, 2.24) is 15.0 Å². The molecule has 0 spiro atoms. The van der Waals surface area contributed by atoms with Gasteiger partial charge in [0.1, 0.15) is 0 Å². The molecule has 1 aromatic heterocycles. The lowest BCUT2D eigenvalue weighted by Gasteiger charge is -2.12. The highest BCUT2D eigenvalue weighted by molar-refractivity contribution is 5.55. The molecule has 1 heterocycles. The van der Waals surface area contributed by atoms with Crippen molar-refractivity contribution in [3.63, 3.8) is 0 Å². The van der Waals surface area contributed by atoms with E-state index in [0.29, 0.717) is 63.8 Å². The predicted molar refractivity (Wildman–Crippen MR) is 157 cm³/mol. The van der Waals surface area contributed by atoms with Crippen LogP contribution in [0.15, 0.2) is 78.9 Å². The summed E-state index contributed by atoms with van der Waals surface area (Å²) in [5.74, 6) is 0.913. The van der Waals surface area contributed by atoms with Gasteiger partial charge in [0.05, 0.1) is 26.4 Å². The first kappa shape index (κ1) is 28.4. The highest BCUT2D eigenvalue weighted by atomic mass is 16.5. The van der Waals surface area contributed by atoms with Crippen LogP contribution in [0.25, 0.3) is 0 Å². The molecule has 0 saturated carbocycles. The second-order valence-corrected chi connectivity index (χ2v) is 8.74. The molecule has 210 valence electrons. The first-order valence-electron chi connectivity index (χ1n) is 13.2. The van der Waals surface area contributed by atoms with Crippen LogP contribution in [0.5, 0.6) is 11.5 Å². The molecular formula is C29H35N7O4. The Balaban J connectivity index is 1.20. The van der Waals surface area contributed by atoms with E-state index in [2.05, 4.69) is 36.2 Å². The van der Waals surface area contributed by atoms with E-state index in [4.69, 9.17) is 9.47 Å². The first-order chi connectivity index (χ1) is 19.7. The number of nitrogens with one attached hydrogen (secondary N) is 4. The van der Waals surface area contributed by atoms with Crippen LogP contribution in [0, 0.1) is 0 Å². The van der Waals surface area contributed by atoms with Gasteiger partial charge >= 0.3 is 0 Å². The van der Waals surface area contributed by atoms with Crippen LogP contribution in [0.2, 0.25) is 0 Å². The van der Waals surface area contributed by atoms with E-state index in [-0.39, 0.29) is 11.5 Å². The predicted octanol–water partition coefficient (Wildman–Crippen LogP) is 4.24. The van der Waals surface area contributed by atoms with Gasteiger partial charge in [-0.25, -0.2) is 0 Å². The summed E-state index contributed by atoms with van der Waals surface area (Å²) in [6, 6.07) is 24.4. The van der Waals surface area contributed by atoms with E-state index >= 15 is 0 Å². The average molecular weight is 546 g/mol. The number of anilines is 5. The van der Waals surface area contributed by atoms with Gasteiger partial charge < -0.3 is 41.0 Å². The van der Waals surface area contributed by atoms with Gasteiger partial charge in [0.15, 0.2) is 11.5 Å². The van der Waals surface area contributed by atoms with Crippen molar-refractivity contribution in [2.45, 2.75) is 6.42 Å². The van der Waals surface area contributed by atoms with Crippen LogP contribution in [0.3, 0.4) is 0 Å². The van der Waals surface area contributed by atoms with Crippen LogP contribution in [0.1, 0.15) is 5.56 Å². The number of ether oxygens (including phenoxy) is 2. The Morgan fingerprint density at radius 3 is 1.77 bits per heavy atom. The van der Waals surface area contributed by atoms with Gasteiger partial charge in [0.2, 0.25) is 17.8 Å². The Labute approximate surface area is 233 Å². The highest BCUT2D eigenvalue weighted by Gasteiger charge is 2.08. The maximum absolute atomic E-state index is 9.71. The van der Waals surface area contributed by atoms with Gasteiger partial charge in [0, 0.05) is 31.0 Å². The van der Waals surface area contributed by atoms with Crippen LogP contribution in [0.4, 0.5) is 29.2 Å². The summed E-state index contributed by atoms with van der Waals surface area (Å²) in [6.07, 6.45) is 0.599. The molecule has 0 aliphatic heterocycles. The number of hydrogen-bond acceptors (Lipinski definition) is 11. The van der Waals surface area contributed by atoms with Crippen molar-refractivity contribution in [2.75, 3.05) is 67.3 Å². The molecule has 6 N–H and O–H groups in total. The van der Waals surface area contributed by atoms with Gasteiger partial charge in [-0.15, -0.1) is 0 Å². The van der Waals surface area contributed by atoms with Crippen LogP contribution >= 0.6 is 0 Å². The number of aromatic hydroxyl groups is 2. The fourth-order valence-electron chi connectivity index (χ4n) is 3.66. The monoisotopic (exact) mass is 545 g/mol. The minimum Gasteiger partial charge on any atom is -0.504 e. The Morgan fingerprint density at radius 1 is 0.550 bits per heavy atom. The third-order valence-corrected chi connectivity index (χ3v) is 5.65. The molecule has 0 bridgehead atoms. The van der Waals surface area contributed by atoms with Gasteiger partial charge in [-0.05, 0) is 48.4 Å². The van der Waals surface area contributed by atoms with Gasteiger partial charge in [-0.2, -0.15) is 15.0 Å². The molecule has 0 atom stereocenters. The molecule has 0 saturated heterocycles. The lowest BCUT2D eigenvalue weighted by Crippen LogP contribution is -2.17. The lowest BCUT2D eigenvalue weighted by atomic mass is 10.1. The SMILES string of the molecule is Oc1ccc(CCNc2nc(NCCOCCOCCNc3ccccc3)nc(Nc3ccccc3)n2)cc1O. The van der Waals surface area contributed by atoms with Crippen molar-refractivity contribution >= 4 is 29.2 Å². The molecule has 3 aromatic carbocycles. The molecule has 0 aliphatic rings. The highest BCUT2D eigenvalue weighted by Crippen LogP contribution is 2.25. The summed E-state index contributed by atoms with van der Waals surface area (Å²) < 4.78 is 11.3. The Morgan fingerprint density at radius 2 is 1.12 bits per heavy atom. The van der Waals surface area contributed by atoms with Gasteiger partial charge in [-0.3, -0.25) is 0 Å². The number of nitrogens with zero attached hydrogens (tertiary/aromatic N) is 3. The van der Waals surface area contributed by atoms with E-state index in [9.17, 15) is 10.2 Å². The molecule has 11 heteroatoms. The topological polar surface area (TPSA) is 146 Å². The standard InChI is InChI=1S/C29H35N7O4/c37-25-12-11-22(21-26(25)38)13-14-31-27-34-28(36-29(35-27)33-24-9-5-2-6-10-24)32-16-18-40-20-19-39-17-15-30-23-7-3-1-4-8-23/h1-12,21,30,37-38H,13-20H2,(H3,31,32,33,34,35,36). The maximum Gasteiger partial charge on any atom is 0.233 e. The molecular weight excluding hydrogens is 510 g/mol. The second kappa shape index (κ2) is 15.7. The Hall–Kier alpha value is -4.61. The molecule has 0 aliphatic carbocycles. The number of phenols is 2. The molecule has 4 rings (SSSR count).